The Bertz CT molecular complexity index is 1220. The fourth-order valence-corrected chi connectivity index (χ4v) is 4.99. The topological polar surface area (TPSA) is 101 Å². The van der Waals surface area contributed by atoms with Crippen LogP contribution in [0.1, 0.15) is 55.1 Å². The summed E-state index contributed by atoms with van der Waals surface area (Å²) in [5.74, 6) is -3.71. The highest BCUT2D eigenvalue weighted by Gasteiger charge is 2.44. The number of carbonyl (C=O) groups excluding carboxylic acids is 1. The highest BCUT2D eigenvalue weighted by Crippen LogP contribution is 2.44. The van der Waals surface area contributed by atoms with E-state index in [2.05, 4.69) is 15.3 Å². The first-order valence-electron chi connectivity index (χ1n) is 11.5. The van der Waals surface area contributed by atoms with Crippen LogP contribution in [-0.2, 0) is 0 Å². The standard InChI is InChI=1S/C26H27F3N4O2/c1-3-26(35)14(2)11-15(12-22(26)30)16-9-10-31-13-21(16)33-25(34)20-8-7-19(29)24(32-20)23-17(27)5-4-6-18(23)28/h4-10,13-15,22,35H,3,11-12,30H2,1-2H3,(H,33,34)/t14-,15+,22+,26+/m0/s1. The van der Waals surface area contributed by atoms with Crippen LogP contribution in [0.2, 0.25) is 0 Å². The third-order valence-electron chi connectivity index (χ3n) is 7.06. The number of nitrogens with zero attached hydrogens (tertiary/aromatic N) is 2. The second-order valence-electron chi connectivity index (χ2n) is 9.06. The van der Waals surface area contributed by atoms with Crippen LogP contribution in [0.5, 0.6) is 0 Å². The number of halogens is 3. The van der Waals surface area contributed by atoms with Gasteiger partial charge in [-0.05, 0) is 67.0 Å². The van der Waals surface area contributed by atoms with Crippen LogP contribution in [0.15, 0.2) is 48.8 Å². The molecule has 0 unspecified atom stereocenters. The number of aromatic nitrogens is 2. The van der Waals surface area contributed by atoms with E-state index in [4.69, 9.17) is 5.73 Å². The second-order valence-corrected chi connectivity index (χ2v) is 9.06. The predicted octanol–water partition coefficient (Wildman–Crippen LogP) is 4.80. The van der Waals surface area contributed by atoms with Crippen LogP contribution < -0.4 is 11.1 Å². The Balaban J connectivity index is 1.62. The van der Waals surface area contributed by atoms with E-state index in [-0.39, 0.29) is 17.5 Å². The zero-order chi connectivity index (χ0) is 25.3. The minimum absolute atomic E-state index is 0.0330. The van der Waals surface area contributed by atoms with Gasteiger partial charge in [-0.3, -0.25) is 9.78 Å². The van der Waals surface area contributed by atoms with Gasteiger partial charge in [-0.2, -0.15) is 0 Å². The summed E-state index contributed by atoms with van der Waals surface area (Å²) in [6, 6.07) is 6.58. The number of aliphatic hydroxyl groups is 1. The molecule has 4 atom stereocenters. The minimum atomic E-state index is -0.988. The smallest absolute Gasteiger partial charge is 0.274 e. The van der Waals surface area contributed by atoms with Gasteiger partial charge < -0.3 is 16.2 Å². The van der Waals surface area contributed by atoms with Crippen molar-refractivity contribution in [1.29, 1.82) is 0 Å². The first kappa shape index (κ1) is 24.8. The van der Waals surface area contributed by atoms with Crippen LogP contribution in [0.4, 0.5) is 18.9 Å². The monoisotopic (exact) mass is 484 g/mol. The molecule has 184 valence electrons. The lowest BCUT2D eigenvalue weighted by molar-refractivity contribution is -0.0651. The lowest BCUT2D eigenvalue weighted by atomic mass is 9.66. The third kappa shape index (κ3) is 4.66. The molecule has 0 radical (unpaired) electrons. The summed E-state index contributed by atoms with van der Waals surface area (Å²) in [6.07, 6.45) is 4.83. The normalized spacial score (nSPS) is 24.3. The molecule has 1 aromatic carbocycles. The van der Waals surface area contributed by atoms with E-state index in [9.17, 15) is 23.1 Å². The first-order valence-corrected chi connectivity index (χ1v) is 11.5. The van der Waals surface area contributed by atoms with Gasteiger partial charge >= 0.3 is 0 Å². The van der Waals surface area contributed by atoms with Crippen molar-refractivity contribution in [2.45, 2.75) is 50.7 Å². The molecule has 1 amide bonds. The van der Waals surface area contributed by atoms with E-state index in [1.807, 2.05) is 13.8 Å². The molecule has 1 fully saturated rings. The molecule has 1 aliphatic rings. The van der Waals surface area contributed by atoms with E-state index in [1.165, 1.54) is 6.20 Å². The molecule has 6 nitrogen and oxygen atoms in total. The summed E-state index contributed by atoms with van der Waals surface area (Å²) in [6.45, 7) is 3.87. The Morgan fingerprint density at radius 2 is 1.86 bits per heavy atom. The second kappa shape index (κ2) is 9.75. The molecule has 9 heteroatoms. The van der Waals surface area contributed by atoms with Crippen molar-refractivity contribution in [2.75, 3.05) is 5.32 Å². The van der Waals surface area contributed by atoms with Gasteiger partial charge in [-0.15, -0.1) is 0 Å². The molecule has 0 aliphatic heterocycles. The summed E-state index contributed by atoms with van der Waals surface area (Å²) < 4.78 is 42.8. The van der Waals surface area contributed by atoms with Gasteiger partial charge in [-0.1, -0.05) is 19.9 Å². The molecule has 0 spiro atoms. The predicted molar refractivity (Wildman–Crippen MR) is 126 cm³/mol. The molecule has 1 saturated carbocycles. The van der Waals surface area contributed by atoms with Gasteiger partial charge in [0.1, 0.15) is 28.8 Å². The number of anilines is 1. The molecule has 0 bridgehead atoms. The van der Waals surface area contributed by atoms with Gasteiger partial charge in [0.15, 0.2) is 0 Å². The molecule has 2 heterocycles. The van der Waals surface area contributed by atoms with Crippen molar-refractivity contribution < 1.29 is 23.1 Å². The number of carbonyl (C=O) groups is 1. The number of benzene rings is 1. The summed E-state index contributed by atoms with van der Waals surface area (Å²) in [7, 11) is 0. The molecule has 1 aliphatic carbocycles. The number of pyridine rings is 2. The van der Waals surface area contributed by atoms with E-state index in [0.29, 0.717) is 24.9 Å². The summed E-state index contributed by atoms with van der Waals surface area (Å²) in [5.41, 5.74) is 5.16. The zero-order valence-electron chi connectivity index (χ0n) is 19.4. The van der Waals surface area contributed by atoms with Crippen molar-refractivity contribution in [1.82, 2.24) is 9.97 Å². The van der Waals surface area contributed by atoms with E-state index >= 15 is 0 Å². The zero-order valence-corrected chi connectivity index (χ0v) is 19.4. The number of hydrogen-bond acceptors (Lipinski definition) is 5. The van der Waals surface area contributed by atoms with E-state index in [1.54, 1.807) is 12.3 Å². The Morgan fingerprint density at radius 3 is 2.51 bits per heavy atom. The first-order chi connectivity index (χ1) is 16.7. The maximum Gasteiger partial charge on any atom is 0.274 e. The highest BCUT2D eigenvalue weighted by atomic mass is 19.1. The number of hydrogen-bond donors (Lipinski definition) is 3. The van der Waals surface area contributed by atoms with Crippen LogP contribution >= 0.6 is 0 Å². The highest BCUT2D eigenvalue weighted by molar-refractivity contribution is 6.03. The molecule has 35 heavy (non-hydrogen) atoms. The average Bonchev–Trinajstić information content (AvgIpc) is 2.83. The quantitative estimate of drug-likeness (QED) is 0.483. The lowest BCUT2D eigenvalue weighted by Crippen LogP contribution is -2.56. The Labute approximate surface area is 201 Å². The van der Waals surface area contributed by atoms with Crippen LogP contribution in [0, 0.1) is 23.4 Å². The molecule has 2 aromatic heterocycles. The van der Waals surface area contributed by atoms with Gasteiger partial charge in [0.05, 0.1) is 23.0 Å². The van der Waals surface area contributed by atoms with Crippen LogP contribution in [-0.4, -0.2) is 32.6 Å². The summed E-state index contributed by atoms with van der Waals surface area (Å²) in [4.78, 5) is 21.0. The molecular formula is C26H27F3N4O2. The number of nitrogens with one attached hydrogen (secondary N) is 1. The van der Waals surface area contributed by atoms with Gasteiger partial charge in [0.25, 0.3) is 5.91 Å². The molecule has 0 saturated heterocycles. The minimum Gasteiger partial charge on any atom is -0.388 e. The van der Waals surface area contributed by atoms with Crippen molar-refractivity contribution in [3.05, 3.63) is 77.5 Å². The van der Waals surface area contributed by atoms with Crippen LogP contribution in [0.3, 0.4) is 0 Å². The summed E-state index contributed by atoms with van der Waals surface area (Å²) >= 11 is 0. The van der Waals surface area contributed by atoms with Crippen LogP contribution in [0.25, 0.3) is 11.3 Å². The Kier molecular flexibility index (Phi) is 6.91. The van der Waals surface area contributed by atoms with Crippen molar-refractivity contribution in [2.24, 2.45) is 11.7 Å². The number of amides is 1. The molecular weight excluding hydrogens is 457 g/mol. The summed E-state index contributed by atoms with van der Waals surface area (Å²) in [5, 5.41) is 13.7. The Hall–Kier alpha value is -3.30. The fraction of sp³-hybridized carbons (Fsp3) is 0.346. The lowest BCUT2D eigenvalue weighted by Gasteiger charge is -2.46. The van der Waals surface area contributed by atoms with Crippen molar-refractivity contribution in [3.8, 4) is 11.3 Å². The number of rotatable bonds is 5. The Morgan fingerprint density at radius 1 is 1.14 bits per heavy atom. The van der Waals surface area contributed by atoms with Gasteiger partial charge in [0.2, 0.25) is 0 Å². The molecule has 4 N–H and O–H groups in total. The van der Waals surface area contributed by atoms with Crippen molar-refractivity contribution >= 4 is 11.6 Å². The van der Waals surface area contributed by atoms with E-state index in [0.717, 1.165) is 35.9 Å². The molecule has 4 rings (SSSR count). The van der Waals surface area contributed by atoms with E-state index < -0.39 is 46.3 Å². The maximum absolute atomic E-state index is 14.4. The van der Waals surface area contributed by atoms with Gasteiger partial charge in [0, 0.05) is 12.2 Å². The average molecular weight is 485 g/mol. The van der Waals surface area contributed by atoms with Crippen molar-refractivity contribution in [3.63, 3.8) is 0 Å². The number of nitrogens with two attached hydrogens (primary N) is 1. The van der Waals surface area contributed by atoms with Gasteiger partial charge in [-0.25, -0.2) is 18.2 Å². The third-order valence-corrected chi connectivity index (χ3v) is 7.06. The SMILES string of the molecule is CC[C@]1(O)[C@H](N)C[C@H](c2ccncc2NC(=O)c2ccc(F)c(-c3c(F)cccc3F)n2)C[C@@H]1C. The molecule has 3 aromatic rings. The fourth-order valence-electron chi connectivity index (χ4n) is 4.99. The largest absolute Gasteiger partial charge is 0.388 e. The maximum atomic E-state index is 14.4.